The quantitative estimate of drug-likeness (QED) is 0.737. The molecule has 0 spiro atoms. The third-order valence-corrected chi connectivity index (χ3v) is 11.4. The number of hydrogen-bond acceptors (Lipinski definition) is 1. The molecule has 0 saturated carbocycles. The first-order valence-corrected chi connectivity index (χ1v) is 9.80. The fourth-order valence-corrected chi connectivity index (χ4v) is 10.6. The molecule has 19 heavy (non-hydrogen) atoms. The summed E-state index contributed by atoms with van der Waals surface area (Å²) in [5.74, 6) is 0. The van der Waals surface area contributed by atoms with E-state index in [0.717, 1.165) is 0 Å². The lowest BCUT2D eigenvalue weighted by atomic mass is 10.6. The lowest BCUT2D eigenvalue weighted by molar-refractivity contribution is -0.277. The summed E-state index contributed by atoms with van der Waals surface area (Å²) < 4.78 is 25.1. The van der Waals surface area contributed by atoms with Crippen LogP contribution in [0, 0.1) is 0 Å². The second kappa shape index (κ2) is 6.84. The van der Waals surface area contributed by atoms with E-state index in [1.54, 1.807) is 0 Å². The van der Waals surface area contributed by atoms with E-state index in [9.17, 15) is 4.57 Å². The van der Waals surface area contributed by atoms with Gasteiger partial charge in [0.1, 0.15) is 0 Å². The van der Waals surface area contributed by atoms with Crippen LogP contribution in [0.15, 0.2) is 0 Å². The lowest BCUT2D eigenvalue weighted by Crippen LogP contribution is -2.70. The van der Waals surface area contributed by atoms with Gasteiger partial charge in [0.15, 0.2) is 0 Å². The van der Waals surface area contributed by atoms with Crippen molar-refractivity contribution in [1.82, 2.24) is 18.7 Å². The molecule has 0 bridgehead atoms. The summed E-state index contributed by atoms with van der Waals surface area (Å²) >= 11 is 0. The molecule has 0 aromatic heterocycles. The maximum Gasteiger partial charge on any atom is 0.389 e. The number of hydrogen-bond donors (Lipinski definition) is 1. The highest BCUT2D eigenvalue weighted by Crippen LogP contribution is 2.52. The molecular weight excluding hydrogens is 280 g/mol. The van der Waals surface area contributed by atoms with E-state index in [0.29, 0.717) is 0 Å². The van der Waals surface area contributed by atoms with Crippen molar-refractivity contribution >= 4 is 14.9 Å². The van der Waals surface area contributed by atoms with Crippen molar-refractivity contribution in [3.8, 4) is 0 Å². The first kappa shape index (κ1) is 19.3. The number of rotatable bonds is 6. The van der Waals surface area contributed by atoms with Gasteiger partial charge >= 0.3 is 14.9 Å². The molecule has 0 aliphatic rings. The van der Waals surface area contributed by atoms with Gasteiger partial charge in [-0.05, 0) is 70.2 Å². The maximum absolute atomic E-state index is 13.3. The molecule has 1 unspecified atom stereocenters. The Bertz CT molecular complexity index is 350. The van der Waals surface area contributed by atoms with Gasteiger partial charge in [0.25, 0.3) is 0 Å². The molecule has 116 valence electrons. The van der Waals surface area contributed by atoms with Gasteiger partial charge in [-0.15, -0.1) is 0 Å². The summed E-state index contributed by atoms with van der Waals surface area (Å²) in [4.78, 5) is 0. The van der Waals surface area contributed by atoms with E-state index in [1.807, 2.05) is 74.9 Å². The van der Waals surface area contributed by atoms with Crippen LogP contribution in [0.4, 0.5) is 0 Å². The van der Waals surface area contributed by atoms with Gasteiger partial charge in [-0.25, -0.2) is 23.2 Å². The average molecular weight is 312 g/mol. The van der Waals surface area contributed by atoms with Crippen LogP contribution in [-0.2, 0) is 4.57 Å². The average Bonchev–Trinajstić information content (AvgIpc) is 2.23. The summed E-state index contributed by atoms with van der Waals surface area (Å²) in [6, 6.07) is 0. The molecule has 0 aromatic rings. The molecular formula is C11H32N5OP2+. The second-order valence-electron chi connectivity index (χ2n) is 5.77. The van der Waals surface area contributed by atoms with Crippen LogP contribution >= 0.6 is 14.9 Å². The monoisotopic (exact) mass is 312 g/mol. The second-order valence-corrected chi connectivity index (χ2v) is 13.2. The van der Waals surface area contributed by atoms with Gasteiger partial charge < -0.3 is 0 Å². The topological polar surface area (TPSA) is 44.0 Å². The molecule has 0 fully saturated rings. The first-order chi connectivity index (χ1) is 8.42. The molecule has 0 aliphatic carbocycles. The fourth-order valence-electron chi connectivity index (χ4n) is 2.20. The molecule has 0 amide bonds. The lowest BCUT2D eigenvalue weighted by Gasteiger charge is -2.37. The zero-order valence-electron chi connectivity index (χ0n) is 14.2. The van der Waals surface area contributed by atoms with Crippen molar-refractivity contribution in [3.05, 3.63) is 0 Å². The van der Waals surface area contributed by atoms with E-state index >= 15 is 0 Å². The van der Waals surface area contributed by atoms with Crippen molar-refractivity contribution in [1.29, 1.82) is 0 Å². The molecule has 0 rings (SSSR count). The predicted molar refractivity (Wildman–Crippen MR) is 85.4 cm³/mol. The minimum atomic E-state index is -2.64. The van der Waals surface area contributed by atoms with Crippen LogP contribution in [0.2, 0.25) is 0 Å². The van der Waals surface area contributed by atoms with Crippen LogP contribution in [0.3, 0.4) is 0 Å². The van der Waals surface area contributed by atoms with Crippen LogP contribution in [0.25, 0.3) is 0 Å². The van der Waals surface area contributed by atoms with E-state index in [1.165, 1.54) is 0 Å². The van der Waals surface area contributed by atoms with Crippen LogP contribution in [-0.4, -0.2) is 80.7 Å². The third kappa shape index (κ3) is 3.69. The van der Waals surface area contributed by atoms with Crippen molar-refractivity contribution in [2.45, 2.75) is 19.5 Å². The van der Waals surface area contributed by atoms with Crippen LogP contribution in [0.5, 0.6) is 0 Å². The molecule has 0 aromatic carbocycles. The summed E-state index contributed by atoms with van der Waals surface area (Å²) in [6.45, 7) is 4.01. The van der Waals surface area contributed by atoms with Gasteiger partial charge in [-0.1, -0.05) is 0 Å². The van der Waals surface area contributed by atoms with E-state index in [4.69, 9.17) is 0 Å². The zero-order chi connectivity index (χ0) is 15.6. The molecule has 0 saturated heterocycles. The fraction of sp³-hybridized carbons (Fsp3) is 1.00. The summed E-state index contributed by atoms with van der Waals surface area (Å²) in [7, 11) is 11.3. The highest BCUT2D eigenvalue weighted by atomic mass is 31.2. The largest absolute Gasteiger partial charge is 0.389 e. The summed E-state index contributed by atoms with van der Waals surface area (Å²) in [5.41, 5.74) is 0.0572. The highest BCUT2D eigenvalue weighted by Gasteiger charge is 2.44. The van der Waals surface area contributed by atoms with Gasteiger partial charge in [0.2, 0.25) is 0 Å². The Morgan fingerprint density at radius 2 is 1.05 bits per heavy atom. The van der Waals surface area contributed by atoms with Gasteiger partial charge in [0.05, 0.1) is 5.66 Å². The van der Waals surface area contributed by atoms with E-state index in [2.05, 4.69) is 18.5 Å². The van der Waals surface area contributed by atoms with Crippen molar-refractivity contribution in [3.63, 3.8) is 0 Å². The Labute approximate surface area is 119 Å². The van der Waals surface area contributed by atoms with E-state index in [-0.39, 0.29) is 5.66 Å². The Kier molecular flexibility index (Phi) is 6.95. The predicted octanol–water partition coefficient (Wildman–Crippen LogP) is 0.861. The first-order valence-electron chi connectivity index (χ1n) is 6.42. The Balaban J connectivity index is 6.29. The smallest absolute Gasteiger partial charge is 0.233 e. The molecule has 0 radical (unpaired) electrons. The van der Waals surface area contributed by atoms with E-state index < -0.39 is 14.9 Å². The molecule has 1 atom stereocenters. The molecule has 6 nitrogen and oxygen atoms in total. The number of nitrogens with one attached hydrogen (secondary N) is 1. The SMILES string of the molecule is CC(C)P(=O)([NH+]=P(N(C)C)(N(C)C)N(C)C)N(C)C. The minimum Gasteiger partial charge on any atom is -0.233 e. The number of nitrogens with zero attached hydrogens (tertiary/aromatic N) is 4. The third-order valence-electron chi connectivity index (χ3n) is 3.24. The summed E-state index contributed by atoms with van der Waals surface area (Å²) in [5, 5.41) is 0. The van der Waals surface area contributed by atoms with Crippen molar-refractivity contribution in [2.75, 3.05) is 56.4 Å². The van der Waals surface area contributed by atoms with Gasteiger partial charge in [0, 0.05) is 0 Å². The Hall–Kier alpha value is 0.300. The van der Waals surface area contributed by atoms with Crippen LogP contribution < -0.4 is 4.52 Å². The van der Waals surface area contributed by atoms with Gasteiger partial charge in [-0.2, -0.15) is 4.52 Å². The molecule has 1 N–H and O–H groups in total. The highest BCUT2D eigenvalue weighted by molar-refractivity contribution is 7.63. The van der Waals surface area contributed by atoms with Crippen molar-refractivity contribution in [2.24, 2.45) is 0 Å². The molecule has 8 heteroatoms. The molecule has 0 heterocycles. The van der Waals surface area contributed by atoms with Crippen LogP contribution in [0.1, 0.15) is 13.8 Å². The normalized spacial score (nSPS) is 16.8. The zero-order valence-corrected chi connectivity index (χ0v) is 16.0. The Morgan fingerprint density at radius 1 is 0.737 bits per heavy atom. The van der Waals surface area contributed by atoms with Gasteiger partial charge in [-0.3, -0.25) is 0 Å². The minimum absolute atomic E-state index is 0.0572. The summed E-state index contributed by atoms with van der Waals surface area (Å²) in [6.07, 6.45) is 0. The van der Waals surface area contributed by atoms with Crippen molar-refractivity contribution < 1.29 is 9.08 Å². The maximum atomic E-state index is 13.3. The Morgan fingerprint density at radius 3 is 1.21 bits per heavy atom. The molecule has 0 aliphatic heterocycles. The standard InChI is InChI=1S/C11H31N5OP2/c1-11(2)18(17,13(3)4)12-19(14(5)6,15(7)8)16(9)10/h11H,1-10H3/p+1.